The lowest BCUT2D eigenvalue weighted by Gasteiger charge is -2.25. The molecule has 1 aromatic heterocycles. The Morgan fingerprint density at radius 2 is 1.94 bits per heavy atom. The number of hydrogen-bond donors (Lipinski definition) is 3. The van der Waals surface area contributed by atoms with Crippen molar-refractivity contribution in [2.45, 2.75) is 63.9 Å². The predicted molar refractivity (Wildman–Crippen MR) is 125 cm³/mol. The number of hydrogen-bond acceptors (Lipinski definition) is 9. The van der Waals surface area contributed by atoms with Crippen molar-refractivity contribution in [3.8, 4) is 5.75 Å². The molecule has 2 heterocycles. The van der Waals surface area contributed by atoms with E-state index in [1.54, 1.807) is 32.0 Å². The van der Waals surface area contributed by atoms with Gasteiger partial charge in [-0.25, -0.2) is 13.8 Å². The van der Waals surface area contributed by atoms with Crippen LogP contribution in [0.5, 0.6) is 5.75 Å². The Labute approximate surface area is 205 Å². The fourth-order valence-electron chi connectivity index (χ4n) is 3.47. The topological polar surface area (TPSA) is 158 Å². The Bertz CT molecular complexity index is 1220. The number of aromatic amines is 1. The van der Waals surface area contributed by atoms with Crippen LogP contribution >= 0.6 is 7.75 Å². The lowest BCUT2D eigenvalue weighted by Crippen LogP contribution is -2.43. The van der Waals surface area contributed by atoms with Crippen molar-refractivity contribution in [3.63, 3.8) is 0 Å². The molecule has 1 fully saturated rings. The molecule has 3 N–H and O–H groups in total. The van der Waals surface area contributed by atoms with Gasteiger partial charge >= 0.3 is 19.4 Å². The molecule has 1 aliphatic heterocycles. The second-order valence-corrected chi connectivity index (χ2v) is 10.4. The zero-order valence-electron chi connectivity index (χ0n) is 20.1. The minimum Gasteiger partial charge on any atom is -0.462 e. The van der Waals surface area contributed by atoms with Gasteiger partial charge in [0.1, 0.15) is 24.0 Å². The fraction of sp³-hybridized carbons (Fsp3) is 0.500. The molecule has 14 heteroatoms. The third-order valence-electron chi connectivity index (χ3n) is 5.26. The first-order valence-corrected chi connectivity index (χ1v) is 12.7. The number of benzene rings is 1. The van der Waals surface area contributed by atoms with Crippen molar-refractivity contribution < 1.29 is 37.4 Å². The van der Waals surface area contributed by atoms with E-state index in [4.69, 9.17) is 18.5 Å². The maximum absolute atomic E-state index is 15.4. The van der Waals surface area contributed by atoms with Gasteiger partial charge in [-0.15, -0.1) is 0 Å². The summed E-state index contributed by atoms with van der Waals surface area (Å²) in [5, 5.41) is 13.0. The molecule has 2 aromatic rings. The van der Waals surface area contributed by atoms with E-state index in [1.165, 1.54) is 19.1 Å². The Morgan fingerprint density at radius 3 is 2.56 bits per heavy atom. The molecule has 6 atom stereocenters. The summed E-state index contributed by atoms with van der Waals surface area (Å²) in [5.41, 5.74) is -4.12. The maximum atomic E-state index is 15.4. The smallest absolute Gasteiger partial charge is 0.459 e. The maximum Gasteiger partial charge on any atom is 0.459 e. The number of nitrogens with zero attached hydrogens (tertiary/aromatic N) is 1. The summed E-state index contributed by atoms with van der Waals surface area (Å²) in [7, 11) is -4.30. The third-order valence-corrected chi connectivity index (χ3v) is 6.90. The second kappa shape index (κ2) is 11.1. The van der Waals surface area contributed by atoms with Gasteiger partial charge in [-0.05, 0) is 39.8 Å². The highest BCUT2D eigenvalue weighted by molar-refractivity contribution is 7.52. The van der Waals surface area contributed by atoms with Crippen LogP contribution in [0.25, 0.3) is 0 Å². The number of para-hydroxylation sites is 1. The Balaban J connectivity index is 1.80. The van der Waals surface area contributed by atoms with E-state index >= 15 is 4.39 Å². The third kappa shape index (κ3) is 6.48. The molecule has 36 heavy (non-hydrogen) atoms. The molecular weight excluding hydrogens is 500 g/mol. The van der Waals surface area contributed by atoms with E-state index in [9.17, 15) is 24.1 Å². The Kier molecular flexibility index (Phi) is 8.52. The number of carbonyl (C=O) groups excluding carboxylic acids is 1. The SMILES string of the molecule is CC(C)OC(=O)[C@@H](C)N[P@@](=O)(OC[C@@H]1O[C@H](n2ccc(=O)[nH]c2=O)[C@@](C)(F)[C@H]1O)Oc1ccccc1. The Hall–Kier alpha value is -2.83. The first kappa shape index (κ1) is 27.8. The molecule has 1 aromatic carbocycles. The van der Waals surface area contributed by atoms with Gasteiger partial charge in [0.05, 0.1) is 12.7 Å². The molecule has 0 unspecified atom stereocenters. The lowest BCUT2D eigenvalue weighted by atomic mass is 9.98. The number of rotatable bonds is 10. The van der Waals surface area contributed by atoms with E-state index in [2.05, 4.69) is 5.09 Å². The fourth-order valence-corrected chi connectivity index (χ4v) is 4.97. The van der Waals surface area contributed by atoms with Crippen molar-refractivity contribution in [1.82, 2.24) is 14.6 Å². The highest BCUT2D eigenvalue weighted by Crippen LogP contribution is 2.47. The van der Waals surface area contributed by atoms with Crippen LogP contribution in [0.2, 0.25) is 0 Å². The van der Waals surface area contributed by atoms with Gasteiger partial charge in [-0.1, -0.05) is 18.2 Å². The lowest BCUT2D eigenvalue weighted by molar-refractivity contribution is -0.149. The first-order chi connectivity index (χ1) is 16.8. The molecule has 12 nitrogen and oxygen atoms in total. The molecule has 198 valence electrons. The number of aliphatic hydroxyl groups is 1. The molecule has 0 saturated carbocycles. The van der Waals surface area contributed by atoms with Gasteiger partial charge in [0, 0.05) is 12.3 Å². The van der Waals surface area contributed by atoms with Crippen molar-refractivity contribution in [2.24, 2.45) is 0 Å². The number of nitrogens with one attached hydrogen (secondary N) is 2. The zero-order valence-corrected chi connectivity index (χ0v) is 21.0. The minimum atomic E-state index is -4.30. The largest absolute Gasteiger partial charge is 0.462 e. The van der Waals surface area contributed by atoms with Crippen molar-refractivity contribution in [3.05, 3.63) is 63.4 Å². The van der Waals surface area contributed by atoms with Gasteiger partial charge in [-0.3, -0.25) is 23.7 Å². The van der Waals surface area contributed by atoms with E-state index in [1.807, 2.05) is 4.98 Å². The van der Waals surface area contributed by atoms with Crippen LogP contribution in [0.4, 0.5) is 4.39 Å². The van der Waals surface area contributed by atoms with Gasteiger partial charge in [0.2, 0.25) is 0 Å². The van der Waals surface area contributed by atoms with Crippen LogP contribution in [-0.4, -0.2) is 57.3 Å². The summed E-state index contributed by atoms with van der Waals surface area (Å²) in [5.74, 6) is -0.560. The zero-order chi connectivity index (χ0) is 26.7. The molecular formula is C22H29FN3O9P. The van der Waals surface area contributed by atoms with Crippen LogP contribution in [0, 0.1) is 0 Å². The molecule has 0 spiro atoms. The van der Waals surface area contributed by atoms with E-state index in [-0.39, 0.29) is 5.75 Å². The van der Waals surface area contributed by atoms with Crippen molar-refractivity contribution in [1.29, 1.82) is 0 Å². The average molecular weight is 529 g/mol. The van der Waals surface area contributed by atoms with Crippen molar-refractivity contribution in [2.75, 3.05) is 6.61 Å². The summed E-state index contributed by atoms with van der Waals surface area (Å²) < 4.78 is 51.4. The number of aromatic nitrogens is 2. The molecule has 1 saturated heterocycles. The summed E-state index contributed by atoms with van der Waals surface area (Å²) in [4.78, 5) is 37.7. The van der Waals surface area contributed by atoms with E-state index in [0.717, 1.165) is 23.8 Å². The Morgan fingerprint density at radius 1 is 1.28 bits per heavy atom. The molecule has 0 radical (unpaired) electrons. The van der Waals surface area contributed by atoms with Crippen LogP contribution < -0.4 is 20.9 Å². The summed E-state index contributed by atoms with van der Waals surface area (Å²) in [6, 6.07) is 7.86. The van der Waals surface area contributed by atoms with Crippen LogP contribution in [0.1, 0.15) is 33.9 Å². The molecule has 0 aliphatic carbocycles. The predicted octanol–water partition coefficient (Wildman–Crippen LogP) is 1.66. The van der Waals surface area contributed by atoms with Crippen LogP contribution in [-0.2, 0) is 23.4 Å². The van der Waals surface area contributed by atoms with Gasteiger partial charge < -0.3 is 19.1 Å². The normalized spacial score (nSPS) is 26.4. The number of ether oxygens (including phenoxy) is 2. The number of esters is 1. The number of aliphatic hydroxyl groups excluding tert-OH is 1. The number of alkyl halides is 1. The first-order valence-electron chi connectivity index (χ1n) is 11.1. The highest BCUT2D eigenvalue weighted by Gasteiger charge is 2.55. The number of halogens is 1. The quantitative estimate of drug-likeness (QED) is 0.305. The van der Waals surface area contributed by atoms with E-state index in [0.29, 0.717) is 0 Å². The highest BCUT2D eigenvalue weighted by atomic mass is 31.2. The summed E-state index contributed by atoms with van der Waals surface area (Å²) >= 11 is 0. The van der Waals surface area contributed by atoms with Crippen molar-refractivity contribution >= 4 is 13.7 Å². The molecule has 1 aliphatic rings. The minimum absolute atomic E-state index is 0.152. The van der Waals surface area contributed by atoms with E-state index < -0.39 is 67.8 Å². The summed E-state index contributed by atoms with van der Waals surface area (Å²) in [6.45, 7) is 5.07. The second-order valence-electron chi connectivity index (χ2n) is 8.67. The standard InChI is InChI=1S/C22H29FN3O9P/c1-13(2)33-19(29)14(3)25-36(31,35-15-8-6-5-7-9-15)32-12-16-18(28)22(4,23)20(34-16)26-11-10-17(27)24-21(26)30/h5-11,13-14,16,18,20,28H,12H2,1-4H3,(H,25,31)(H,24,27,30)/t14-,16+,18+,20+,22+,36-/m1/s1. The number of carbonyl (C=O) groups is 1. The monoisotopic (exact) mass is 529 g/mol. The molecule has 0 amide bonds. The van der Waals surface area contributed by atoms with Gasteiger partial charge in [0.25, 0.3) is 5.56 Å². The number of H-pyrrole nitrogens is 1. The molecule has 0 bridgehead atoms. The van der Waals surface area contributed by atoms with Crippen LogP contribution in [0.3, 0.4) is 0 Å². The molecule has 3 rings (SSSR count). The average Bonchev–Trinajstić information content (AvgIpc) is 3.01. The van der Waals surface area contributed by atoms with Crippen LogP contribution in [0.15, 0.2) is 52.2 Å². The summed E-state index contributed by atoms with van der Waals surface area (Å²) in [6.07, 6.45) is -4.21. The van der Waals surface area contributed by atoms with Gasteiger partial charge in [-0.2, -0.15) is 5.09 Å². The van der Waals surface area contributed by atoms with Gasteiger partial charge in [0.15, 0.2) is 11.9 Å².